The Morgan fingerprint density at radius 2 is 1.48 bits per heavy atom. The van der Waals surface area contributed by atoms with Crippen molar-refractivity contribution in [1.82, 2.24) is 10.2 Å². The molecule has 1 aliphatic heterocycles. The lowest BCUT2D eigenvalue weighted by molar-refractivity contribution is 0.139. The number of halogens is 7. The van der Waals surface area contributed by atoms with Crippen LogP contribution in [0.2, 0.25) is 0 Å². The molecular weight excluding hydrogens is 338 g/mol. The Bertz CT molecular complexity index is 443. The molecule has 0 spiro atoms. The molecule has 0 aromatic heterocycles. The van der Waals surface area contributed by atoms with Gasteiger partial charge >= 0.3 is 0 Å². The molecule has 21 heavy (non-hydrogen) atoms. The maximum absolute atomic E-state index is 13.6. The number of benzene rings is 1. The molecule has 1 aromatic rings. The number of alkyl halides is 1. The van der Waals surface area contributed by atoms with E-state index in [1.807, 2.05) is 0 Å². The Kier molecular flexibility index (Phi) is 8.46. The summed E-state index contributed by atoms with van der Waals surface area (Å²) in [7, 11) is 0. The fraction of sp³-hybridized carbons (Fsp3) is 0.500. The van der Waals surface area contributed by atoms with E-state index in [2.05, 4.69) is 5.32 Å². The van der Waals surface area contributed by atoms with Crippen LogP contribution in [-0.2, 0) is 0 Å². The zero-order valence-electron chi connectivity index (χ0n) is 10.8. The predicted molar refractivity (Wildman–Crippen MR) is 73.9 cm³/mol. The molecule has 1 fully saturated rings. The summed E-state index contributed by atoms with van der Waals surface area (Å²) in [4.78, 5) is 1.47. The Balaban J connectivity index is 0.00000200. The van der Waals surface area contributed by atoms with Gasteiger partial charge < -0.3 is 5.32 Å². The van der Waals surface area contributed by atoms with Crippen LogP contribution in [0.25, 0.3) is 0 Å². The lowest BCUT2D eigenvalue weighted by atomic mass is 10.0. The molecule has 1 atom stereocenters. The van der Waals surface area contributed by atoms with Gasteiger partial charge in [-0.05, 0) is 0 Å². The van der Waals surface area contributed by atoms with Crippen LogP contribution in [0.1, 0.15) is 11.6 Å². The molecule has 0 amide bonds. The van der Waals surface area contributed by atoms with Gasteiger partial charge in [0.2, 0.25) is 0 Å². The first-order chi connectivity index (χ1) is 9.06. The summed E-state index contributed by atoms with van der Waals surface area (Å²) in [6.07, 6.45) is 0. The third kappa shape index (κ3) is 4.18. The molecule has 1 N–H and O–H groups in total. The van der Waals surface area contributed by atoms with Gasteiger partial charge in [0.15, 0.2) is 23.3 Å². The average molecular weight is 353 g/mol. The second-order valence-electron chi connectivity index (χ2n) is 4.34. The predicted octanol–water partition coefficient (Wildman–Crippen LogP) is 3.00. The number of piperazine rings is 1. The fourth-order valence-corrected chi connectivity index (χ4v) is 2.24. The molecule has 0 unspecified atom stereocenters. The molecule has 0 bridgehead atoms. The van der Waals surface area contributed by atoms with Crippen molar-refractivity contribution in [1.29, 1.82) is 0 Å². The van der Waals surface area contributed by atoms with Gasteiger partial charge in [-0.25, -0.2) is 22.0 Å². The number of hydrogen-bond acceptors (Lipinski definition) is 2. The van der Waals surface area contributed by atoms with Crippen molar-refractivity contribution in [2.75, 3.05) is 32.9 Å². The monoisotopic (exact) mass is 352 g/mol. The topological polar surface area (TPSA) is 15.3 Å². The van der Waals surface area contributed by atoms with Crippen LogP contribution >= 0.6 is 24.8 Å². The zero-order chi connectivity index (χ0) is 14.0. The van der Waals surface area contributed by atoms with Crippen LogP contribution in [0.5, 0.6) is 0 Å². The Morgan fingerprint density at radius 3 is 1.90 bits per heavy atom. The molecule has 1 saturated heterocycles. The number of rotatable bonds is 3. The van der Waals surface area contributed by atoms with Crippen molar-refractivity contribution in [3.05, 3.63) is 34.9 Å². The van der Waals surface area contributed by atoms with Crippen LogP contribution in [0, 0.1) is 23.3 Å². The summed E-state index contributed by atoms with van der Waals surface area (Å²) in [5.74, 6) is -6.08. The van der Waals surface area contributed by atoms with E-state index in [1.54, 1.807) is 0 Å². The summed E-state index contributed by atoms with van der Waals surface area (Å²) < 4.78 is 66.7. The molecule has 0 saturated carbocycles. The highest BCUT2D eigenvalue weighted by Crippen LogP contribution is 2.29. The Morgan fingerprint density at radius 1 is 1.00 bits per heavy atom. The second kappa shape index (κ2) is 8.73. The normalized spacial score (nSPS) is 16.8. The molecule has 122 valence electrons. The Labute approximate surface area is 131 Å². The van der Waals surface area contributed by atoms with Gasteiger partial charge in [-0.15, -0.1) is 24.8 Å². The maximum atomic E-state index is 13.6. The van der Waals surface area contributed by atoms with Gasteiger partial charge in [0, 0.05) is 37.8 Å². The molecule has 1 aliphatic rings. The molecule has 9 heteroatoms. The highest BCUT2D eigenvalue weighted by atomic mass is 35.5. The first-order valence-corrected chi connectivity index (χ1v) is 5.90. The van der Waals surface area contributed by atoms with E-state index >= 15 is 0 Å². The van der Waals surface area contributed by atoms with Crippen LogP contribution in [-0.4, -0.2) is 37.8 Å². The van der Waals surface area contributed by atoms with Crippen molar-refractivity contribution in [2.24, 2.45) is 0 Å². The van der Waals surface area contributed by atoms with Gasteiger partial charge in [-0.3, -0.25) is 4.90 Å². The number of nitrogens with zero attached hydrogens (tertiary/aromatic N) is 1. The molecule has 0 aliphatic carbocycles. The third-order valence-electron chi connectivity index (χ3n) is 3.22. The minimum Gasteiger partial charge on any atom is -0.314 e. The SMILES string of the molecule is Cl.Cl.FC[C@@H](c1c(F)c(F)cc(F)c1F)N1CCNCC1. The summed E-state index contributed by atoms with van der Waals surface area (Å²) in [6, 6.07) is -1.19. The molecular formula is C12H15Cl2F5N2. The smallest absolute Gasteiger partial charge is 0.166 e. The van der Waals surface area contributed by atoms with Crippen LogP contribution in [0.4, 0.5) is 22.0 Å². The van der Waals surface area contributed by atoms with E-state index in [0.29, 0.717) is 26.2 Å². The highest BCUT2D eigenvalue weighted by molar-refractivity contribution is 5.85. The van der Waals surface area contributed by atoms with Crippen LogP contribution in [0.15, 0.2) is 6.07 Å². The van der Waals surface area contributed by atoms with Crippen LogP contribution < -0.4 is 5.32 Å². The van der Waals surface area contributed by atoms with E-state index in [0.717, 1.165) is 0 Å². The highest BCUT2D eigenvalue weighted by Gasteiger charge is 2.31. The lowest BCUT2D eigenvalue weighted by Gasteiger charge is -2.33. The summed E-state index contributed by atoms with van der Waals surface area (Å²) in [5.41, 5.74) is -0.873. The Hall–Kier alpha value is -0.630. The molecule has 1 heterocycles. The minimum atomic E-state index is -1.53. The second-order valence-corrected chi connectivity index (χ2v) is 4.34. The number of hydrogen-bond donors (Lipinski definition) is 1. The van der Waals surface area contributed by atoms with Crippen LogP contribution in [0.3, 0.4) is 0 Å². The maximum Gasteiger partial charge on any atom is 0.166 e. The summed E-state index contributed by atoms with van der Waals surface area (Å²) in [6.45, 7) is 0.642. The van der Waals surface area contributed by atoms with Crippen molar-refractivity contribution in [3.63, 3.8) is 0 Å². The largest absolute Gasteiger partial charge is 0.314 e. The fourth-order valence-electron chi connectivity index (χ4n) is 2.24. The minimum absolute atomic E-state index is 0. The van der Waals surface area contributed by atoms with Gasteiger partial charge in [0.1, 0.15) is 6.67 Å². The van der Waals surface area contributed by atoms with E-state index in [1.165, 1.54) is 4.90 Å². The summed E-state index contributed by atoms with van der Waals surface area (Å²) in [5, 5.41) is 3.00. The first kappa shape index (κ1) is 20.4. The third-order valence-corrected chi connectivity index (χ3v) is 3.22. The van der Waals surface area contributed by atoms with Gasteiger partial charge in [-0.2, -0.15) is 0 Å². The molecule has 1 aromatic carbocycles. The van der Waals surface area contributed by atoms with E-state index < -0.39 is 41.5 Å². The molecule has 2 rings (SSSR count). The van der Waals surface area contributed by atoms with Crippen molar-refractivity contribution < 1.29 is 22.0 Å². The quantitative estimate of drug-likeness (QED) is 0.664. The van der Waals surface area contributed by atoms with Crippen molar-refractivity contribution >= 4 is 24.8 Å². The van der Waals surface area contributed by atoms with Crippen molar-refractivity contribution in [2.45, 2.75) is 6.04 Å². The lowest BCUT2D eigenvalue weighted by Crippen LogP contribution is -2.46. The average Bonchev–Trinajstić information content (AvgIpc) is 2.42. The van der Waals surface area contributed by atoms with E-state index in [4.69, 9.17) is 0 Å². The number of nitrogens with one attached hydrogen (secondary N) is 1. The van der Waals surface area contributed by atoms with Gasteiger partial charge in [-0.1, -0.05) is 0 Å². The van der Waals surface area contributed by atoms with Gasteiger partial charge in [0.05, 0.1) is 6.04 Å². The van der Waals surface area contributed by atoms with E-state index in [9.17, 15) is 22.0 Å². The summed E-state index contributed by atoms with van der Waals surface area (Å²) >= 11 is 0. The van der Waals surface area contributed by atoms with Gasteiger partial charge in [0.25, 0.3) is 0 Å². The van der Waals surface area contributed by atoms with Crippen molar-refractivity contribution in [3.8, 4) is 0 Å². The molecule has 0 radical (unpaired) electrons. The standard InChI is InChI=1S/C12H13F5N2.2ClH/c13-6-9(19-3-1-18-2-4-19)10-11(16)7(14)5-8(15)12(10)17;;/h5,9,18H,1-4,6H2;2*1H/t9-;;/m0../s1. The van der Waals surface area contributed by atoms with E-state index in [-0.39, 0.29) is 30.9 Å². The first-order valence-electron chi connectivity index (χ1n) is 5.90. The molecule has 2 nitrogen and oxygen atoms in total. The zero-order valence-corrected chi connectivity index (χ0v) is 12.5.